The number of nitrogens with zero attached hydrogens (tertiary/aromatic N) is 1. The van der Waals surface area contributed by atoms with Crippen LogP contribution in [0.5, 0.6) is 0 Å². The van der Waals surface area contributed by atoms with Gasteiger partial charge >= 0.3 is 5.69 Å². The van der Waals surface area contributed by atoms with Gasteiger partial charge in [0.05, 0.1) is 10.5 Å². The molecule has 1 N–H and O–H groups in total. The van der Waals surface area contributed by atoms with Crippen LogP contribution in [-0.2, 0) is 6.42 Å². The van der Waals surface area contributed by atoms with E-state index in [1.165, 1.54) is 0 Å². The molecule has 0 radical (unpaired) electrons. The molecular formula is C10H9F2NO3. The molecule has 4 nitrogen and oxygen atoms in total. The van der Waals surface area contributed by atoms with E-state index >= 15 is 0 Å². The van der Waals surface area contributed by atoms with Gasteiger partial charge in [-0.2, -0.15) is 4.39 Å². The van der Waals surface area contributed by atoms with Gasteiger partial charge in [0.1, 0.15) is 5.82 Å². The summed E-state index contributed by atoms with van der Waals surface area (Å²) in [6.07, 6.45) is 0.718. The highest BCUT2D eigenvalue weighted by molar-refractivity contribution is 5.38. The number of benzene rings is 1. The second kappa shape index (κ2) is 3.48. The Bertz CT molecular complexity index is 458. The first-order chi connectivity index (χ1) is 7.43. The van der Waals surface area contributed by atoms with Crippen LogP contribution < -0.4 is 0 Å². The minimum atomic E-state index is -1.19. The summed E-state index contributed by atoms with van der Waals surface area (Å²) in [5, 5.41) is 20.0. The van der Waals surface area contributed by atoms with Crippen LogP contribution in [0.4, 0.5) is 14.5 Å². The van der Waals surface area contributed by atoms with Crippen molar-refractivity contribution in [2.24, 2.45) is 0 Å². The van der Waals surface area contributed by atoms with Crippen molar-refractivity contribution < 1.29 is 18.8 Å². The molecule has 0 heterocycles. The van der Waals surface area contributed by atoms with Crippen molar-refractivity contribution in [3.05, 3.63) is 39.4 Å². The molecule has 1 aromatic carbocycles. The van der Waals surface area contributed by atoms with Crippen molar-refractivity contribution in [2.75, 3.05) is 0 Å². The maximum absolute atomic E-state index is 13.5. The lowest BCUT2D eigenvalue weighted by Crippen LogP contribution is -2.14. The van der Waals surface area contributed by atoms with Crippen LogP contribution in [0.3, 0.4) is 0 Å². The van der Waals surface area contributed by atoms with Crippen LogP contribution in [0.15, 0.2) is 12.1 Å². The Kier molecular flexibility index (Phi) is 2.38. The van der Waals surface area contributed by atoms with Gasteiger partial charge in [-0.1, -0.05) is 0 Å². The lowest BCUT2D eigenvalue weighted by atomic mass is 10.0. The molecule has 0 aromatic heterocycles. The Labute approximate surface area is 89.7 Å². The highest BCUT2D eigenvalue weighted by Gasteiger charge is 2.42. The highest BCUT2D eigenvalue weighted by Crippen LogP contribution is 2.40. The third kappa shape index (κ3) is 1.88. The summed E-state index contributed by atoms with van der Waals surface area (Å²) < 4.78 is 26.8. The summed E-state index contributed by atoms with van der Waals surface area (Å²) in [6.45, 7) is 0. The Balaban J connectivity index is 2.42. The molecule has 0 spiro atoms. The summed E-state index contributed by atoms with van der Waals surface area (Å²) >= 11 is 0. The second-order valence-corrected chi connectivity index (χ2v) is 4.02. The third-order valence-corrected chi connectivity index (χ3v) is 2.70. The smallest absolute Gasteiger partial charge is 0.305 e. The van der Waals surface area contributed by atoms with Gasteiger partial charge in [-0.3, -0.25) is 10.1 Å². The minimum absolute atomic E-state index is 0.216. The van der Waals surface area contributed by atoms with E-state index in [4.69, 9.17) is 0 Å². The standard InChI is InChI=1S/C10H9F2NO3/c11-7-1-2-8(13(15)16)9(12)6(7)5-10(14)3-4-10/h1-2,14H,3-5H2. The molecule has 0 amide bonds. The zero-order chi connectivity index (χ0) is 11.9. The van der Waals surface area contributed by atoms with Gasteiger partial charge in [0, 0.05) is 18.1 Å². The Morgan fingerprint density at radius 1 is 1.44 bits per heavy atom. The Morgan fingerprint density at radius 3 is 2.56 bits per heavy atom. The van der Waals surface area contributed by atoms with Crippen LogP contribution in [0, 0.1) is 21.7 Å². The molecule has 0 aliphatic heterocycles. The molecule has 0 atom stereocenters. The summed E-state index contributed by atoms with van der Waals surface area (Å²) in [7, 11) is 0. The van der Waals surface area contributed by atoms with Crippen LogP contribution >= 0.6 is 0 Å². The molecule has 0 saturated heterocycles. The fourth-order valence-electron chi connectivity index (χ4n) is 1.54. The quantitative estimate of drug-likeness (QED) is 0.636. The molecule has 86 valence electrons. The lowest BCUT2D eigenvalue weighted by Gasteiger charge is -2.09. The van der Waals surface area contributed by atoms with Crippen LogP contribution in [0.2, 0.25) is 0 Å². The van der Waals surface area contributed by atoms with Crippen LogP contribution in [0.25, 0.3) is 0 Å². The van der Waals surface area contributed by atoms with Crippen molar-refractivity contribution in [3.63, 3.8) is 0 Å². The zero-order valence-corrected chi connectivity index (χ0v) is 8.24. The van der Waals surface area contributed by atoms with Gasteiger partial charge in [0.2, 0.25) is 5.82 Å². The van der Waals surface area contributed by atoms with E-state index in [1.807, 2.05) is 0 Å². The molecule has 1 fully saturated rings. The molecule has 16 heavy (non-hydrogen) atoms. The van der Waals surface area contributed by atoms with Crippen molar-refractivity contribution in [1.82, 2.24) is 0 Å². The van der Waals surface area contributed by atoms with E-state index in [0.29, 0.717) is 12.8 Å². The lowest BCUT2D eigenvalue weighted by molar-refractivity contribution is -0.387. The summed E-state index contributed by atoms with van der Waals surface area (Å²) in [6, 6.07) is 1.63. The predicted molar refractivity (Wildman–Crippen MR) is 50.9 cm³/mol. The van der Waals surface area contributed by atoms with Crippen molar-refractivity contribution in [3.8, 4) is 0 Å². The Morgan fingerprint density at radius 2 is 2.06 bits per heavy atom. The normalized spacial score (nSPS) is 17.2. The number of aliphatic hydroxyl groups is 1. The van der Waals surface area contributed by atoms with E-state index < -0.39 is 33.4 Å². The monoisotopic (exact) mass is 229 g/mol. The number of rotatable bonds is 3. The molecule has 1 aromatic rings. The molecule has 1 saturated carbocycles. The zero-order valence-electron chi connectivity index (χ0n) is 8.24. The predicted octanol–water partition coefficient (Wildman–Crippen LogP) is 1.94. The first-order valence-corrected chi connectivity index (χ1v) is 4.77. The molecule has 2 rings (SSSR count). The summed E-state index contributed by atoms with van der Waals surface area (Å²) in [5.41, 5.74) is -2.26. The molecule has 6 heteroatoms. The fraction of sp³-hybridized carbons (Fsp3) is 0.400. The number of nitro benzene ring substituents is 1. The van der Waals surface area contributed by atoms with Crippen LogP contribution in [-0.4, -0.2) is 15.6 Å². The van der Waals surface area contributed by atoms with E-state index in [9.17, 15) is 24.0 Å². The van der Waals surface area contributed by atoms with E-state index in [1.54, 1.807) is 0 Å². The van der Waals surface area contributed by atoms with Crippen LogP contribution in [0.1, 0.15) is 18.4 Å². The molecule has 0 unspecified atom stereocenters. The maximum Gasteiger partial charge on any atom is 0.305 e. The molecule has 0 bridgehead atoms. The minimum Gasteiger partial charge on any atom is -0.390 e. The number of nitro groups is 1. The highest BCUT2D eigenvalue weighted by atomic mass is 19.1. The third-order valence-electron chi connectivity index (χ3n) is 2.70. The van der Waals surface area contributed by atoms with Gasteiger partial charge in [0.15, 0.2) is 0 Å². The average Bonchev–Trinajstić information content (AvgIpc) is 2.91. The molecule has 1 aliphatic carbocycles. The summed E-state index contributed by atoms with van der Waals surface area (Å²) in [5.74, 6) is -2.05. The van der Waals surface area contributed by atoms with E-state index in [2.05, 4.69) is 0 Å². The van der Waals surface area contributed by atoms with Gasteiger partial charge in [-0.25, -0.2) is 4.39 Å². The van der Waals surface area contributed by atoms with Crippen molar-refractivity contribution in [1.29, 1.82) is 0 Å². The number of halogens is 2. The maximum atomic E-state index is 13.5. The van der Waals surface area contributed by atoms with Gasteiger partial charge in [-0.15, -0.1) is 0 Å². The van der Waals surface area contributed by atoms with E-state index in [-0.39, 0.29) is 6.42 Å². The first-order valence-electron chi connectivity index (χ1n) is 4.77. The number of hydrogen-bond acceptors (Lipinski definition) is 3. The topological polar surface area (TPSA) is 63.4 Å². The Hall–Kier alpha value is -1.56. The largest absolute Gasteiger partial charge is 0.390 e. The first kappa shape index (κ1) is 10.9. The average molecular weight is 229 g/mol. The second-order valence-electron chi connectivity index (χ2n) is 4.02. The van der Waals surface area contributed by atoms with Gasteiger partial charge in [-0.05, 0) is 18.9 Å². The number of hydrogen-bond donors (Lipinski definition) is 1. The summed E-state index contributed by atoms with van der Waals surface area (Å²) in [4.78, 5) is 9.54. The van der Waals surface area contributed by atoms with Gasteiger partial charge < -0.3 is 5.11 Å². The molecular weight excluding hydrogens is 220 g/mol. The van der Waals surface area contributed by atoms with Gasteiger partial charge in [0.25, 0.3) is 0 Å². The van der Waals surface area contributed by atoms with E-state index in [0.717, 1.165) is 12.1 Å². The van der Waals surface area contributed by atoms with Crippen molar-refractivity contribution >= 4 is 5.69 Å². The fourth-order valence-corrected chi connectivity index (χ4v) is 1.54. The van der Waals surface area contributed by atoms with Crippen molar-refractivity contribution in [2.45, 2.75) is 24.9 Å². The molecule has 1 aliphatic rings. The SMILES string of the molecule is O=[N+]([O-])c1ccc(F)c(CC2(O)CC2)c1F.